The Morgan fingerprint density at radius 1 is 1.21 bits per heavy atom. The molecule has 1 heterocycles. The molecule has 1 saturated heterocycles. The van der Waals surface area contributed by atoms with Crippen molar-refractivity contribution in [3.63, 3.8) is 0 Å². The van der Waals surface area contributed by atoms with E-state index in [-0.39, 0.29) is 18.0 Å². The highest BCUT2D eigenvalue weighted by atomic mass is 16.6. The van der Waals surface area contributed by atoms with Crippen molar-refractivity contribution in [2.75, 3.05) is 13.2 Å². The zero-order valence-electron chi connectivity index (χ0n) is 13.7. The summed E-state index contributed by atoms with van der Waals surface area (Å²) in [5, 5.41) is 0. The van der Waals surface area contributed by atoms with Gasteiger partial charge in [-0.2, -0.15) is 0 Å². The lowest BCUT2D eigenvalue weighted by Gasteiger charge is -2.10. The molecule has 0 spiro atoms. The second-order valence-corrected chi connectivity index (χ2v) is 5.55. The van der Waals surface area contributed by atoms with E-state index in [0.717, 1.165) is 36.7 Å². The average Bonchev–Trinajstić information content (AvgIpc) is 2.93. The monoisotopic (exact) mass is 330 g/mol. The van der Waals surface area contributed by atoms with Crippen LogP contribution in [0, 0.1) is 0 Å². The first-order valence-electron chi connectivity index (χ1n) is 8.01. The van der Waals surface area contributed by atoms with Crippen LogP contribution in [0.1, 0.15) is 37.4 Å². The molecule has 0 aliphatic carbocycles. The predicted molar refractivity (Wildman–Crippen MR) is 89.5 cm³/mol. The number of cyclic esters (lactones) is 1. The summed E-state index contributed by atoms with van der Waals surface area (Å²) in [6.45, 7) is 8.03. The molecular formula is C19H22O5. The van der Waals surface area contributed by atoms with Crippen LogP contribution >= 0.6 is 0 Å². The highest BCUT2D eigenvalue weighted by Crippen LogP contribution is 2.32. The Morgan fingerprint density at radius 2 is 1.92 bits per heavy atom. The van der Waals surface area contributed by atoms with Crippen LogP contribution in [0.2, 0.25) is 0 Å². The van der Waals surface area contributed by atoms with Crippen molar-refractivity contribution < 1.29 is 23.8 Å². The van der Waals surface area contributed by atoms with E-state index in [9.17, 15) is 9.59 Å². The van der Waals surface area contributed by atoms with Crippen LogP contribution in [0.25, 0.3) is 0 Å². The third-order valence-electron chi connectivity index (χ3n) is 3.69. The minimum absolute atomic E-state index is 0.239. The number of hydrogen-bond donors (Lipinski definition) is 0. The molecule has 1 aliphatic rings. The standard InChI is InChI=1S/C19H22O5/c1-3-18(20)23-12-6-4-5-11-22-16-9-7-15(8-10-16)17-13-14(2)19(21)24-17/h3,7-10,17H,1-2,4-6,11-13H2. The van der Waals surface area contributed by atoms with E-state index >= 15 is 0 Å². The quantitative estimate of drug-likeness (QED) is 0.394. The lowest BCUT2D eigenvalue weighted by molar-refractivity contribution is -0.139. The van der Waals surface area contributed by atoms with Gasteiger partial charge in [0.2, 0.25) is 0 Å². The predicted octanol–water partition coefficient (Wildman–Crippen LogP) is 3.51. The Balaban J connectivity index is 1.64. The van der Waals surface area contributed by atoms with E-state index in [1.165, 1.54) is 0 Å². The van der Waals surface area contributed by atoms with E-state index in [1.807, 2.05) is 24.3 Å². The van der Waals surface area contributed by atoms with Crippen molar-refractivity contribution in [2.45, 2.75) is 31.8 Å². The topological polar surface area (TPSA) is 61.8 Å². The summed E-state index contributed by atoms with van der Waals surface area (Å²) in [7, 11) is 0. The van der Waals surface area contributed by atoms with Gasteiger partial charge in [0, 0.05) is 18.1 Å². The zero-order valence-corrected chi connectivity index (χ0v) is 13.7. The Labute approximate surface area is 141 Å². The summed E-state index contributed by atoms with van der Waals surface area (Å²) in [5.74, 6) is 0.0712. The molecule has 0 amide bonds. The minimum Gasteiger partial charge on any atom is -0.494 e. The van der Waals surface area contributed by atoms with Gasteiger partial charge in [0.25, 0.3) is 0 Å². The number of ether oxygens (including phenoxy) is 3. The van der Waals surface area contributed by atoms with Gasteiger partial charge in [-0.1, -0.05) is 25.3 Å². The Kier molecular flexibility index (Phi) is 6.61. The van der Waals surface area contributed by atoms with E-state index in [1.54, 1.807) is 0 Å². The first-order chi connectivity index (χ1) is 11.6. The Morgan fingerprint density at radius 3 is 2.54 bits per heavy atom. The molecule has 5 nitrogen and oxygen atoms in total. The van der Waals surface area contributed by atoms with Crippen molar-refractivity contribution >= 4 is 11.9 Å². The maximum atomic E-state index is 11.3. The van der Waals surface area contributed by atoms with Gasteiger partial charge in [-0.25, -0.2) is 9.59 Å². The third kappa shape index (κ3) is 5.26. The van der Waals surface area contributed by atoms with Gasteiger partial charge in [-0.05, 0) is 37.0 Å². The first kappa shape index (κ1) is 17.8. The third-order valence-corrected chi connectivity index (χ3v) is 3.69. The molecule has 0 bridgehead atoms. The van der Waals surface area contributed by atoms with Crippen molar-refractivity contribution in [3.05, 3.63) is 54.6 Å². The first-order valence-corrected chi connectivity index (χ1v) is 8.01. The van der Waals surface area contributed by atoms with Crippen LogP contribution in [0.15, 0.2) is 49.1 Å². The van der Waals surface area contributed by atoms with Crippen LogP contribution in [0.3, 0.4) is 0 Å². The summed E-state index contributed by atoms with van der Waals surface area (Å²) >= 11 is 0. The fourth-order valence-corrected chi connectivity index (χ4v) is 2.33. The molecule has 1 unspecified atom stereocenters. The normalized spacial score (nSPS) is 16.6. The molecule has 128 valence electrons. The van der Waals surface area contributed by atoms with Gasteiger partial charge in [-0.3, -0.25) is 0 Å². The highest BCUT2D eigenvalue weighted by molar-refractivity contribution is 5.90. The van der Waals surface area contributed by atoms with Gasteiger partial charge in [0.15, 0.2) is 0 Å². The van der Waals surface area contributed by atoms with Crippen LogP contribution in [-0.2, 0) is 19.1 Å². The largest absolute Gasteiger partial charge is 0.494 e. The van der Waals surface area contributed by atoms with Crippen molar-refractivity contribution in [1.82, 2.24) is 0 Å². The van der Waals surface area contributed by atoms with Gasteiger partial charge in [0.1, 0.15) is 11.9 Å². The number of benzene rings is 1. The molecule has 0 saturated carbocycles. The fourth-order valence-electron chi connectivity index (χ4n) is 2.33. The number of carbonyl (C=O) groups is 2. The Bertz CT molecular complexity index is 587. The Hall–Kier alpha value is -2.56. The maximum Gasteiger partial charge on any atom is 0.334 e. The number of esters is 2. The molecule has 0 aromatic heterocycles. The van der Waals surface area contributed by atoms with Crippen molar-refractivity contribution in [1.29, 1.82) is 0 Å². The molecule has 1 aromatic rings. The fraction of sp³-hybridized carbons (Fsp3) is 0.368. The number of hydrogen-bond acceptors (Lipinski definition) is 5. The number of carbonyl (C=O) groups excluding carboxylic acids is 2. The second-order valence-electron chi connectivity index (χ2n) is 5.55. The molecule has 2 rings (SSSR count). The van der Waals surface area contributed by atoms with E-state index in [4.69, 9.17) is 14.2 Å². The lowest BCUT2D eigenvalue weighted by atomic mass is 10.1. The molecule has 1 atom stereocenters. The summed E-state index contributed by atoms with van der Waals surface area (Å²) in [5.41, 5.74) is 1.46. The summed E-state index contributed by atoms with van der Waals surface area (Å²) < 4.78 is 15.8. The summed E-state index contributed by atoms with van der Waals surface area (Å²) in [6, 6.07) is 7.55. The van der Waals surface area contributed by atoms with Gasteiger partial charge >= 0.3 is 11.9 Å². The smallest absolute Gasteiger partial charge is 0.334 e. The molecule has 0 radical (unpaired) electrons. The van der Waals surface area contributed by atoms with Gasteiger partial charge in [-0.15, -0.1) is 0 Å². The van der Waals surface area contributed by atoms with Crippen molar-refractivity contribution in [2.24, 2.45) is 0 Å². The van der Waals surface area contributed by atoms with Gasteiger partial charge in [0.05, 0.1) is 13.2 Å². The SMILES string of the molecule is C=CC(=O)OCCCCCOc1ccc(C2CC(=C)C(=O)O2)cc1. The van der Waals surface area contributed by atoms with Gasteiger partial charge < -0.3 is 14.2 Å². The molecule has 24 heavy (non-hydrogen) atoms. The molecule has 1 aliphatic heterocycles. The van der Waals surface area contributed by atoms with Crippen LogP contribution in [-0.4, -0.2) is 25.2 Å². The molecule has 5 heteroatoms. The van der Waals surface area contributed by atoms with E-state index < -0.39 is 0 Å². The average molecular weight is 330 g/mol. The minimum atomic E-state index is -0.386. The van der Waals surface area contributed by atoms with Crippen LogP contribution < -0.4 is 4.74 Å². The summed E-state index contributed by atoms with van der Waals surface area (Å²) in [4.78, 5) is 22.2. The number of unbranched alkanes of at least 4 members (excludes halogenated alkanes) is 2. The molecule has 0 N–H and O–H groups in total. The van der Waals surface area contributed by atoms with Crippen molar-refractivity contribution in [3.8, 4) is 5.75 Å². The van der Waals surface area contributed by atoms with E-state index in [2.05, 4.69) is 13.2 Å². The number of rotatable bonds is 9. The summed E-state index contributed by atoms with van der Waals surface area (Å²) in [6.07, 6.45) is 4.07. The zero-order chi connectivity index (χ0) is 17.4. The molecule has 1 fully saturated rings. The molecule has 1 aromatic carbocycles. The lowest BCUT2D eigenvalue weighted by Crippen LogP contribution is -2.03. The van der Waals surface area contributed by atoms with E-state index in [0.29, 0.717) is 25.2 Å². The molecular weight excluding hydrogens is 308 g/mol. The highest BCUT2D eigenvalue weighted by Gasteiger charge is 2.28. The van der Waals surface area contributed by atoms with Crippen LogP contribution in [0.4, 0.5) is 0 Å². The maximum absolute atomic E-state index is 11.3. The second kappa shape index (κ2) is 8.91. The van der Waals surface area contributed by atoms with Crippen LogP contribution in [0.5, 0.6) is 5.75 Å².